The summed E-state index contributed by atoms with van der Waals surface area (Å²) in [5, 5.41) is 29.9. The van der Waals surface area contributed by atoms with E-state index in [1.165, 1.54) is 10.8 Å². The lowest BCUT2D eigenvalue weighted by molar-refractivity contribution is -0.139. The smallest absolute Gasteiger partial charge is 0.329 e. The zero-order valence-electron chi connectivity index (χ0n) is 31.5. The van der Waals surface area contributed by atoms with Crippen LogP contribution in [0.3, 0.4) is 0 Å². The molecule has 57 heavy (non-hydrogen) atoms. The highest BCUT2D eigenvalue weighted by Crippen LogP contribution is 2.45. The minimum Gasteiger partial charge on any atom is -0.511 e. The predicted octanol–water partition coefficient (Wildman–Crippen LogP) is 2.84. The lowest BCUT2D eigenvalue weighted by atomic mass is 9.76. The van der Waals surface area contributed by atoms with E-state index in [0.29, 0.717) is 17.0 Å². The monoisotopic (exact) mass is 909 g/mol. The largest absolute Gasteiger partial charge is 0.511 e. The first kappa shape index (κ1) is 43.1. The fourth-order valence-electron chi connectivity index (χ4n) is 7.32. The number of anilines is 2. The molecule has 0 saturated heterocycles. The van der Waals surface area contributed by atoms with Gasteiger partial charge in [-0.25, -0.2) is 26.4 Å². The summed E-state index contributed by atoms with van der Waals surface area (Å²) in [7, 11) is -17.8. The van der Waals surface area contributed by atoms with Crippen molar-refractivity contribution in [1.82, 2.24) is 13.9 Å². The molecule has 19 nitrogen and oxygen atoms in total. The van der Waals surface area contributed by atoms with Crippen LogP contribution in [0.15, 0.2) is 40.7 Å². The predicted molar refractivity (Wildman–Crippen MR) is 214 cm³/mol. The van der Waals surface area contributed by atoms with Gasteiger partial charge in [-0.05, 0) is 42.4 Å². The number of sulfonamides is 4. The topological polar surface area (TPSA) is 278 Å². The zero-order valence-corrected chi connectivity index (χ0v) is 36.4. The number of nitrogens with zero attached hydrogens (tertiary/aromatic N) is 4. The number of thiophene rings is 2. The number of hydrogen-bond donors (Lipinski definition) is 5. The number of hydrogen-bond acceptors (Lipinski definition) is 15. The summed E-state index contributed by atoms with van der Waals surface area (Å²) in [5.41, 5.74) is -1.39. The summed E-state index contributed by atoms with van der Waals surface area (Å²) in [6.45, 7) is 4.82. The third kappa shape index (κ3) is 8.65. The number of aliphatic carboxylic acids is 1. The third-order valence-electron chi connectivity index (χ3n) is 10.2. The van der Waals surface area contributed by atoms with Crippen molar-refractivity contribution in [3.05, 3.63) is 33.2 Å². The number of aliphatic hydroxyl groups is 1. The van der Waals surface area contributed by atoms with Crippen LogP contribution in [-0.2, 0) is 62.8 Å². The molecule has 1 fully saturated rings. The normalized spacial score (nSPS) is 22.8. The molecule has 0 spiro atoms. The average molecular weight is 910 g/mol. The second-order valence-electron chi connectivity index (χ2n) is 15.2. The average Bonchev–Trinajstić information content (AvgIpc) is 3.84. The number of carbonyl (C=O) groups is 2. The standard InChI is InChI=1S/C32H43N7O12S6/c1-17(2)10-11-32(3)16-38(20-8-6-7-9-20)30(41)21(25(32)40)26-34-29-24(57(50,51)36-26)19(15-53-29)13-39(55(5,46)47)22(31(42)43)27-35-28-23(56(48,49)37-27)18(14-52-28)12-33-54(4,44)45/h14-15,17,20,22,33,40H,6-13,16H2,1-5H3,(H,34,36)(H,35,37)(H,42,43). The van der Waals surface area contributed by atoms with Gasteiger partial charge in [0.2, 0.25) is 20.0 Å². The zero-order chi connectivity index (χ0) is 42.0. The van der Waals surface area contributed by atoms with E-state index >= 15 is 0 Å². The number of carboxylic acids is 1. The van der Waals surface area contributed by atoms with Crippen LogP contribution in [-0.4, -0.2) is 108 Å². The molecule has 4 aliphatic rings. The first-order valence-electron chi connectivity index (χ1n) is 17.7. The Balaban J connectivity index is 1.36. The van der Waals surface area contributed by atoms with Gasteiger partial charge in [-0.2, -0.15) is 21.1 Å². The number of amidine groups is 2. The van der Waals surface area contributed by atoms with Crippen molar-refractivity contribution >= 4 is 96.3 Å². The molecule has 2 atom stereocenters. The van der Waals surface area contributed by atoms with Crippen LogP contribution in [0.5, 0.6) is 0 Å². The minimum absolute atomic E-state index is 0.00976. The summed E-state index contributed by atoms with van der Waals surface area (Å²) in [4.78, 5) is 27.7. The Kier molecular flexibility index (Phi) is 11.6. The van der Waals surface area contributed by atoms with Crippen LogP contribution in [0.25, 0.3) is 0 Å². The Morgan fingerprint density at radius 1 is 1.02 bits per heavy atom. The molecule has 0 bridgehead atoms. The van der Waals surface area contributed by atoms with Crippen molar-refractivity contribution in [3.8, 4) is 0 Å². The molecule has 6 rings (SSSR count). The molecule has 0 aromatic carbocycles. The van der Waals surface area contributed by atoms with Gasteiger partial charge in [0.25, 0.3) is 26.0 Å². The van der Waals surface area contributed by atoms with E-state index in [0.717, 1.165) is 61.0 Å². The van der Waals surface area contributed by atoms with Crippen molar-refractivity contribution in [2.75, 3.05) is 29.7 Å². The second kappa shape index (κ2) is 15.3. The molecule has 2 unspecified atom stereocenters. The molecule has 2 aromatic rings. The van der Waals surface area contributed by atoms with Gasteiger partial charge < -0.3 is 25.7 Å². The van der Waals surface area contributed by atoms with E-state index in [1.54, 1.807) is 4.90 Å². The van der Waals surface area contributed by atoms with Gasteiger partial charge in [0.05, 0.1) is 12.5 Å². The first-order chi connectivity index (χ1) is 26.3. The maximum absolute atomic E-state index is 14.1. The van der Waals surface area contributed by atoms with Crippen molar-refractivity contribution < 1.29 is 53.5 Å². The Morgan fingerprint density at radius 2 is 1.60 bits per heavy atom. The summed E-state index contributed by atoms with van der Waals surface area (Å²) in [5.74, 6) is -3.65. The summed E-state index contributed by atoms with van der Waals surface area (Å²) >= 11 is 1.60. The molecule has 3 aliphatic heterocycles. The Labute approximate surface area is 339 Å². The van der Waals surface area contributed by atoms with E-state index in [1.807, 2.05) is 20.8 Å². The van der Waals surface area contributed by atoms with E-state index in [4.69, 9.17) is 0 Å². The fraction of sp³-hybridized carbons (Fsp3) is 0.562. The summed E-state index contributed by atoms with van der Waals surface area (Å²) in [6, 6.07) is -2.42. The van der Waals surface area contributed by atoms with Gasteiger partial charge in [0.1, 0.15) is 31.1 Å². The molecule has 1 saturated carbocycles. The molecule has 25 heteroatoms. The molecular formula is C32H43N7O12S6. The maximum Gasteiger partial charge on any atom is 0.329 e. The van der Waals surface area contributed by atoms with Gasteiger partial charge in [-0.15, -0.1) is 31.5 Å². The lowest BCUT2D eigenvalue weighted by Gasteiger charge is -2.44. The highest BCUT2D eigenvalue weighted by Gasteiger charge is 2.48. The molecule has 5 N–H and O–H groups in total. The number of carboxylic acid groups (broad SMARTS) is 1. The van der Waals surface area contributed by atoms with Gasteiger partial charge in [-0.3, -0.25) is 4.79 Å². The van der Waals surface area contributed by atoms with Crippen LogP contribution in [0.1, 0.15) is 70.4 Å². The van der Waals surface area contributed by atoms with Crippen LogP contribution in [0.2, 0.25) is 0 Å². The van der Waals surface area contributed by atoms with Crippen molar-refractivity contribution in [1.29, 1.82) is 0 Å². The summed E-state index contributed by atoms with van der Waals surface area (Å²) < 4.78 is 115. The van der Waals surface area contributed by atoms with E-state index in [2.05, 4.69) is 24.2 Å². The molecule has 5 heterocycles. The number of rotatable bonds is 14. The van der Waals surface area contributed by atoms with Gasteiger partial charge in [-0.1, -0.05) is 33.6 Å². The molecule has 0 radical (unpaired) electrons. The number of nitrogens with one attached hydrogen (secondary N) is 3. The summed E-state index contributed by atoms with van der Waals surface area (Å²) in [6.07, 6.45) is 6.12. The SMILES string of the molecule is CC(C)CCC1(C)CN(C2CCCC2)C(=O)C(C2=NS(=O)(=O)c3c(CN(C(C(=O)O)C4=NS(=O)(=O)c5c(CNS(C)(=O)=O)csc5N4)S(C)(=O)=O)csc3N2)=C1O. The van der Waals surface area contributed by atoms with Gasteiger partial charge >= 0.3 is 5.97 Å². The fourth-order valence-corrected chi connectivity index (χ4v) is 13.9. The van der Waals surface area contributed by atoms with Gasteiger partial charge in [0, 0.05) is 42.2 Å². The Bertz CT molecular complexity index is 2550. The molecular weight excluding hydrogens is 867 g/mol. The first-order valence-corrected chi connectivity index (χ1v) is 26.0. The van der Waals surface area contributed by atoms with E-state index in [-0.39, 0.29) is 51.0 Å². The highest BCUT2D eigenvalue weighted by atomic mass is 32.2. The second-order valence-corrected chi connectivity index (χ2v) is 23.8. The number of carbonyl (C=O) groups excluding carboxylic acids is 1. The molecule has 1 amide bonds. The Hall–Kier alpha value is -3.46. The van der Waals surface area contributed by atoms with Crippen molar-refractivity contribution in [3.63, 3.8) is 0 Å². The van der Waals surface area contributed by atoms with Crippen LogP contribution in [0.4, 0.5) is 10.0 Å². The van der Waals surface area contributed by atoms with E-state index < -0.39 is 98.0 Å². The quantitative estimate of drug-likeness (QED) is 0.182. The molecule has 1 aliphatic carbocycles. The van der Waals surface area contributed by atoms with Crippen LogP contribution < -0.4 is 15.4 Å². The van der Waals surface area contributed by atoms with Crippen molar-refractivity contribution in [2.24, 2.45) is 20.1 Å². The number of fused-ring (bicyclic) bond motifs is 2. The highest BCUT2D eigenvalue weighted by molar-refractivity contribution is 7.91. The maximum atomic E-state index is 14.1. The third-order valence-corrected chi connectivity index (χ3v) is 17.0. The number of amides is 1. The Morgan fingerprint density at radius 3 is 2.18 bits per heavy atom. The number of aliphatic hydroxyl groups excluding tert-OH is 1. The minimum atomic E-state index is -4.75. The molecule has 2 aromatic heterocycles. The van der Waals surface area contributed by atoms with Crippen LogP contribution >= 0.6 is 22.7 Å². The van der Waals surface area contributed by atoms with Gasteiger partial charge in [0.15, 0.2) is 17.7 Å². The van der Waals surface area contributed by atoms with E-state index in [9.17, 15) is 53.5 Å². The van der Waals surface area contributed by atoms with Crippen LogP contribution in [0, 0.1) is 11.3 Å². The van der Waals surface area contributed by atoms with Crippen molar-refractivity contribution in [2.45, 2.75) is 94.3 Å². The lowest BCUT2D eigenvalue weighted by Crippen LogP contribution is -2.53. The molecule has 314 valence electrons.